The Morgan fingerprint density at radius 2 is 1.71 bits per heavy atom. The van der Waals surface area contributed by atoms with Crippen LogP contribution in [-0.2, 0) is 4.79 Å². The number of carbonyl (C=O) groups is 1. The Labute approximate surface area is 128 Å². The molecule has 0 atom stereocenters. The van der Waals surface area contributed by atoms with E-state index in [-0.39, 0.29) is 24.5 Å². The van der Waals surface area contributed by atoms with Crippen molar-refractivity contribution in [2.75, 3.05) is 18.8 Å². The summed E-state index contributed by atoms with van der Waals surface area (Å²) in [5, 5.41) is 17.8. The molecule has 0 aliphatic heterocycles. The summed E-state index contributed by atoms with van der Waals surface area (Å²) >= 11 is 1.27. The van der Waals surface area contributed by atoms with Gasteiger partial charge in [-0.3, -0.25) is 4.79 Å². The van der Waals surface area contributed by atoms with Crippen LogP contribution in [0, 0.1) is 36.5 Å². The van der Waals surface area contributed by atoms with Gasteiger partial charge in [-0.05, 0) is 19.9 Å². The van der Waals surface area contributed by atoms with Gasteiger partial charge in [-0.15, -0.1) is 0 Å². The molecule has 1 rings (SSSR count). The molecule has 0 unspecified atom stereocenters. The van der Waals surface area contributed by atoms with Crippen molar-refractivity contribution < 1.29 is 4.79 Å². The number of hydrogen-bond donors (Lipinski definition) is 0. The molecule has 0 saturated carbocycles. The molecular formula is C14H17N5OS. The summed E-state index contributed by atoms with van der Waals surface area (Å²) in [6.07, 6.45) is 0.532. The fourth-order valence-electron chi connectivity index (χ4n) is 1.71. The SMILES string of the molecule is Cc1cc(C)nc(SCC(=O)N(CCC#N)CCC#N)n1. The van der Waals surface area contributed by atoms with Crippen LogP contribution in [0.5, 0.6) is 0 Å². The predicted octanol–water partition coefficient (Wildman–Crippen LogP) is 1.84. The standard InChI is InChI=1S/C14H17N5OS/c1-11-9-12(2)18-14(17-11)21-10-13(20)19(7-3-5-15)8-4-6-16/h9H,3-4,7-8,10H2,1-2H3. The Balaban J connectivity index is 2.60. The normalized spacial score (nSPS) is 9.71. The third kappa shape index (κ3) is 6.24. The van der Waals surface area contributed by atoms with Gasteiger partial charge in [-0.25, -0.2) is 9.97 Å². The van der Waals surface area contributed by atoms with E-state index in [1.165, 1.54) is 11.8 Å². The van der Waals surface area contributed by atoms with E-state index >= 15 is 0 Å². The second-order valence-electron chi connectivity index (χ2n) is 4.42. The van der Waals surface area contributed by atoms with E-state index in [1.54, 1.807) is 4.90 Å². The summed E-state index contributed by atoms with van der Waals surface area (Å²) < 4.78 is 0. The van der Waals surface area contributed by atoms with Crippen molar-refractivity contribution in [1.29, 1.82) is 10.5 Å². The molecule has 110 valence electrons. The largest absolute Gasteiger partial charge is 0.340 e. The Morgan fingerprint density at radius 3 is 2.19 bits per heavy atom. The first-order chi connectivity index (χ1) is 10.1. The van der Waals surface area contributed by atoms with E-state index in [9.17, 15) is 4.79 Å². The van der Waals surface area contributed by atoms with Crippen molar-refractivity contribution in [3.05, 3.63) is 17.5 Å². The summed E-state index contributed by atoms with van der Waals surface area (Å²) in [4.78, 5) is 22.2. The third-order valence-electron chi connectivity index (χ3n) is 2.63. The molecule has 0 saturated heterocycles. The zero-order chi connectivity index (χ0) is 15.7. The van der Waals surface area contributed by atoms with Gasteiger partial charge in [0.05, 0.1) is 30.7 Å². The number of carbonyl (C=O) groups excluding carboxylic acids is 1. The highest BCUT2D eigenvalue weighted by atomic mass is 32.2. The minimum Gasteiger partial charge on any atom is -0.340 e. The number of hydrogen-bond acceptors (Lipinski definition) is 6. The molecular weight excluding hydrogens is 286 g/mol. The van der Waals surface area contributed by atoms with E-state index in [1.807, 2.05) is 32.1 Å². The maximum Gasteiger partial charge on any atom is 0.233 e. The van der Waals surface area contributed by atoms with E-state index in [0.29, 0.717) is 18.2 Å². The lowest BCUT2D eigenvalue weighted by Crippen LogP contribution is -2.34. The van der Waals surface area contributed by atoms with E-state index in [2.05, 4.69) is 9.97 Å². The second-order valence-corrected chi connectivity index (χ2v) is 5.36. The fraction of sp³-hybridized carbons (Fsp3) is 0.500. The molecule has 1 aromatic heterocycles. The first kappa shape index (κ1) is 16.9. The summed E-state index contributed by atoms with van der Waals surface area (Å²) in [6.45, 7) is 4.47. The molecule has 1 heterocycles. The predicted molar refractivity (Wildman–Crippen MR) is 79.3 cm³/mol. The van der Waals surface area contributed by atoms with Crippen molar-refractivity contribution in [1.82, 2.24) is 14.9 Å². The summed E-state index contributed by atoms with van der Waals surface area (Å²) in [5.74, 6) is 0.105. The second kappa shape index (κ2) is 8.93. The van der Waals surface area contributed by atoms with E-state index in [4.69, 9.17) is 10.5 Å². The van der Waals surface area contributed by atoms with Gasteiger partial charge in [0.2, 0.25) is 5.91 Å². The highest BCUT2D eigenvalue weighted by molar-refractivity contribution is 7.99. The Kier molecular flexibility index (Phi) is 7.20. The van der Waals surface area contributed by atoms with Gasteiger partial charge in [0.15, 0.2) is 5.16 Å². The topological polar surface area (TPSA) is 93.7 Å². The molecule has 0 fully saturated rings. The van der Waals surface area contributed by atoms with Crippen molar-refractivity contribution in [3.63, 3.8) is 0 Å². The molecule has 21 heavy (non-hydrogen) atoms. The molecule has 0 bridgehead atoms. The van der Waals surface area contributed by atoms with Gasteiger partial charge in [0, 0.05) is 24.5 Å². The summed E-state index contributed by atoms with van der Waals surface area (Å²) in [5.41, 5.74) is 1.73. The van der Waals surface area contributed by atoms with Crippen LogP contribution in [0.3, 0.4) is 0 Å². The lowest BCUT2D eigenvalue weighted by molar-refractivity contribution is -0.128. The maximum atomic E-state index is 12.1. The molecule has 0 N–H and O–H groups in total. The third-order valence-corrected chi connectivity index (χ3v) is 3.46. The van der Waals surface area contributed by atoms with Gasteiger partial charge in [0.1, 0.15) is 0 Å². The Hall–Kier alpha value is -2.12. The molecule has 0 aliphatic rings. The molecule has 0 spiro atoms. The maximum absolute atomic E-state index is 12.1. The van der Waals surface area contributed by atoms with Gasteiger partial charge in [-0.1, -0.05) is 11.8 Å². The number of aromatic nitrogens is 2. The monoisotopic (exact) mass is 303 g/mol. The van der Waals surface area contributed by atoms with Gasteiger partial charge >= 0.3 is 0 Å². The van der Waals surface area contributed by atoms with Crippen molar-refractivity contribution in [2.24, 2.45) is 0 Å². The first-order valence-electron chi connectivity index (χ1n) is 6.53. The quantitative estimate of drug-likeness (QED) is 0.563. The lowest BCUT2D eigenvalue weighted by atomic mass is 10.3. The smallest absolute Gasteiger partial charge is 0.233 e. The highest BCUT2D eigenvalue weighted by Crippen LogP contribution is 2.15. The number of thioether (sulfide) groups is 1. The zero-order valence-corrected chi connectivity index (χ0v) is 13.0. The molecule has 0 radical (unpaired) electrons. The van der Waals surface area contributed by atoms with Crippen LogP contribution in [0.1, 0.15) is 24.2 Å². The van der Waals surface area contributed by atoms with Crippen molar-refractivity contribution in [2.45, 2.75) is 31.8 Å². The van der Waals surface area contributed by atoms with E-state index in [0.717, 1.165) is 11.4 Å². The minimum absolute atomic E-state index is 0.103. The van der Waals surface area contributed by atoms with Crippen LogP contribution in [0.4, 0.5) is 0 Å². The first-order valence-corrected chi connectivity index (χ1v) is 7.52. The average molecular weight is 303 g/mol. The number of rotatable bonds is 7. The van der Waals surface area contributed by atoms with Crippen molar-refractivity contribution in [3.8, 4) is 12.1 Å². The zero-order valence-electron chi connectivity index (χ0n) is 12.2. The highest BCUT2D eigenvalue weighted by Gasteiger charge is 2.14. The molecule has 0 aromatic carbocycles. The summed E-state index contributed by atoms with van der Waals surface area (Å²) in [7, 11) is 0. The molecule has 1 amide bonds. The minimum atomic E-state index is -0.103. The fourth-order valence-corrected chi connectivity index (χ4v) is 2.56. The van der Waals surface area contributed by atoms with Crippen LogP contribution < -0.4 is 0 Å². The number of amides is 1. The number of nitrogens with zero attached hydrogens (tertiary/aromatic N) is 5. The van der Waals surface area contributed by atoms with Crippen LogP contribution >= 0.6 is 11.8 Å². The molecule has 0 aliphatic carbocycles. The summed E-state index contributed by atoms with van der Waals surface area (Å²) in [6, 6.07) is 5.89. The van der Waals surface area contributed by atoms with Crippen LogP contribution in [0.25, 0.3) is 0 Å². The lowest BCUT2D eigenvalue weighted by Gasteiger charge is -2.19. The van der Waals surface area contributed by atoms with E-state index < -0.39 is 0 Å². The van der Waals surface area contributed by atoms with Gasteiger partial charge < -0.3 is 4.90 Å². The van der Waals surface area contributed by atoms with Crippen LogP contribution in [0.2, 0.25) is 0 Å². The molecule has 1 aromatic rings. The number of nitriles is 2. The molecule has 7 heteroatoms. The van der Waals surface area contributed by atoms with Crippen molar-refractivity contribution >= 4 is 17.7 Å². The van der Waals surface area contributed by atoms with Gasteiger partial charge in [-0.2, -0.15) is 10.5 Å². The average Bonchev–Trinajstić information content (AvgIpc) is 2.44. The van der Waals surface area contributed by atoms with Gasteiger partial charge in [0.25, 0.3) is 0 Å². The van der Waals surface area contributed by atoms with Crippen LogP contribution in [0.15, 0.2) is 11.2 Å². The Bertz CT molecular complexity index is 537. The number of aryl methyl sites for hydroxylation is 2. The van der Waals surface area contributed by atoms with Crippen LogP contribution in [-0.4, -0.2) is 39.6 Å². The Morgan fingerprint density at radius 1 is 1.19 bits per heavy atom. The molecule has 6 nitrogen and oxygen atoms in total.